The molecule has 2 aromatic heterocycles. The molecule has 3 aromatic rings. The smallest absolute Gasteiger partial charge is 0.151 e. The molecule has 0 fully saturated rings. The summed E-state index contributed by atoms with van der Waals surface area (Å²) in [6.45, 7) is 5.58. The van der Waals surface area contributed by atoms with E-state index in [1.807, 2.05) is 26.0 Å². The Hall–Kier alpha value is -2.08. The van der Waals surface area contributed by atoms with Crippen molar-refractivity contribution < 1.29 is 4.55 Å². The van der Waals surface area contributed by atoms with Crippen LogP contribution in [-0.2, 0) is 17.9 Å². The summed E-state index contributed by atoms with van der Waals surface area (Å²) in [5.74, 6) is 1.07. The van der Waals surface area contributed by atoms with Crippen molar-refractivity contribution in [2.75, 3.05) is 23.7 Å². The lowest BCUT2D eigenvalue weighted by molar-refractivity contribution is 0.506. The van der Waals surface area contributed by atoms with E-state index < -0.39 is 16.1 Å². The molecule has 4 rings (SSSR count). The first-order chi connectivity index (χ1) is 16.3. The number of nitrogens with zero attached hydrogens (tertiary/aromatic N) is 4. The highest BCUT2D eigenvalue weighted by Crippen LogP contribution is 2.35. The van der Waals surface area contributed by atoms with Gasteiger partial charge >= 0.3 is 0 Å². The molecule has 1 aromatic carbocycles. The number of nitrogens with two attached hydrogens (primary N) is 2. The van der Waals surface area contributed by atoms with Gasteiger partial charge in [-0.2, -0.15) is 0 Å². The Morgan fingerprint density at radius 3 is 2.76 bits per heavy atom. The first-order valence-corrected chi connectivity index (χ1v) is 13.2. The van der Waals surface area contributed by atoms with Gasteiger partial charge in [-0.05, 0) is 37.5 Å². The van der Waals surface area contributed by atoms with Gasteiger partial charge < -0.3 is 20.9 Å². The molecule has 11 heteroatoms. The Morgan fingerprint density at radius 2 is 2.03 bits per heavy atom. The van der Waals surface area contributed by atoms with Crippen LogP contribution in [0.25, 0.3) is 0 Å². The lowest BCUT2D eigenvalue weighted by atomic mass is 10.0. The Kier molecular flexibility index (Phi) is 7.86. The lowest BCUT2D eigenvalue weighted by Crippen LogP contribution is -2.48. The second-order valence-corrected chi connectivity index (χ2v) is 12.0. The van der Waals surface area contributed by atoms with Crippen LogP contribution >= 0.6 is 23.4 Å². The van der Waals surface area contributed by atoms with Crippen LogP contribution < -0.4 is 21.1 Å². The Morgan fingerprint density at radius 1 is 1.24 bits per heavy atom. The van der Waals surface area contributed by atoms with E-state index in [1.165, 1.54) is 17.3 Å². The van der Waals surface area contributed by atoms with Crippen molar-refractivity contribution in [1.82, 2.24) is 19.7 Å². The van der Waals surface area contributed by atoms with E-state index in [1.54, 1.807) is 24.7 Å². The highest BCUT2D eigenvalue weighted by Gasteiger charge is 2.35. The number of pyridine rings is 1. The van der Waals surface area contributed by atoms with Gasteiger partial charge in [-0.15, -0.1) is 4.72 Å². The fraction of sp³-hybridized carbons (Fsp3) is 0.348. The van der Waals surface area contributed by atoms with Crippen molar-refractivity contribution in [3.05, 3.63) is 65.1 Å². The third-order valence-electron chi connectivity index (χ3n) is 5.76. The van der Waals surface area contributed by atoms with Gasteiger partial charge in [0.15, 0.2) is 4.75 Å². The molecule has 180 valence electrons. The van der Waals surface area contributed by atoms with Gasteiger partial charge in [0.25, 0.3) is 0 Å². The number of hydrogen-bond acceptors (Lipinski definition) is 9. The summed E-state index contributed by atoms with van der Waals surface area (Å²) in [6.07, 6.45) is 5.89. The number of benzene rings is 1. The Bertz CT molecular complexity index is 1130. The molecule has 0 saturated heterocycles. The molecule has 3 heterocycles. The molecule has 0 radical (unpaired) electrons. The van der Waals surface area contributed by atoms with E-state index in [0.717, 1.165) is 29.2 Å². The van der Waals surface area contributed by atoms with Gasteiger partial charge in [0.2, 0.25) is 0 Å². The van der Waals surface area contributed by atoms with Crippen LogP contribution in [0.5, 0.6) is 0 Å². The average molecular weight is 518 g/mol. The minimum Gasteiger partial charge on any atom is -0.598 e. The molecule has 0 spiro atoms. The summed E-state index contributed by atoms with van der Waals surface area (Å²) in [4.78, 5) is 16.2. The molecule has 0 saturated carbocycles. The van der Waals surface area contributed by atoms with Crippen molar-refractivity contribution in [2.45, 2.75) is 47.5 Å². The maximum Gasteiger partial charge on any atom is 0.151 e. The predicted molar refractivity (Wildman–Crippen MR) is 139 cm³/mol. The minimum atomic E-state index is -1.27. The van der Waals surface area contributed by atoms with E-state index >= 15 is 0 Å². The normalized spacial score (nSPS) is 17.2. The number of fused-ring (bicyclic) bond motifs is 1. The molecular formula is C23H28ClN7OS2. The third kappa shape index (κ3) is 5.59. The second kappa shape index (κ2) is 10.7. The minimum absolute atomic E-state index is 0.0464. The highest BCUT2D eigenvalue weighted by atomic mass is 35.5. The first kappa shape index (κ1) is 25.0. The van der Waals surface area contributed by atoms with Crippen LogP contribution in [0.3, 0.4) is 0 Å². The molecule has 2 atom stereocenters. The number of halogens is 1. The van der Waals surface area contributed by atoms with Gasteiger partial charge in [-0.3, -0.25) is 0 Å². The Balaban J connectivity index is 1.51. The molecule has 1 aliphatic heterocycles. The topological polar surface area (TPSA) is 129 Å². The van der Waals surface area contributed by atoms with E-state index in [0.29, 0.717) is 29.0 Å². The Labute approximate surface area is 212 Å². The van der Waals surface area contributed by atoms with E-state index in [4.69, 9.17) is 23.1 Å². The van der Waals surface area contributed by atoms with Crippen LogP contribution in [0.1, 0.15) is 37.4 Å². The number of nitrogen functional groups attached to an aromatic ring is 1. The maximum atomic E-state index is 12.9. The summed E-state index contributed by atoms with van der Waals surface area (Å²) >= 11 is 6.37. The summed E-state index contributed by atoms with van der Waals surface area (Å²) in [6, 6.07) is 9.99. The summed E-state index contributed by atoms with van der Waals surface area (Å²) in [7, 11) is 0. The van der Waals surface area contributed by atoms with Crippen LogP contribution in [0.2, 0.25) is 5.02 Å². The van der Waals surface area contributed by atoms with Crippen molar-refractivity contribution >= 4 is 46.4 Å². The highest BCUT2D eigenvalue weighted by molar-refractivity contribution is 7.99. The lowest BCUT2D eigenvalue weighted by Gasteiger charge is -2.30. The number of rotatable bonds is 7. The van der Waals surface area contributed by atoms with E-state index in [2.05, 4.69) is 36.7 Å². The zero-order valence-electron chi connectivity index (χ0n) is 19.1. The van der Waals surface area contributed by atoms with Gasteiger partial charge in [-0.1, -0.05) is 47.6 Å². The first-order valence-electron chi connectivity index (χ1n) is 10.9. The monoisotopic (exact) mass is 517 g/mol. The predicted octanol–water partition coefficient (Wildman–Crippen LogP) is 3.70. The van der Waals surface area contributed by atoms with Crippen molar-refractivity contribution in [3.8, 4) is 0 Å². The third-order valence-corrected chi connectivity index (χ3v) is 8.91. The van der Waals surface area contributed by atoms with Crippen molar-refractivity contribution in [3.63, 3.8) is 0 Å². The van der Waals surface area contributed by atoms with Gasteiger partial charge in [-0.25, -0.2) is 15.0 Å². The summed E-state index contributed by atoms with van der Waals surface area (Å²) in [5, 5.41) is 1.13. The standard InChI is InChI=1S/C23H28ClN7OS2/c1-23(2,14-25)34(32)30-17-8-10-31(13-15-5-3-4-6-16(15)17)19-11-29-20(12-28-19)33-18-7-9-27-22(26)21(18)24/h3-7,9,11-12,17,30H,8,10,13-14,25H2,1-2H3,(H2,26,27)/t17?,34-/m1/s1. The molecular weight excluding hydrogens is 490 g/mol. The van der Waals surface area contributed by atoms with Crippen molar-refractivity contribution in [2.24, 2.45) is 5.73 Å². The zero-order chi connectivity index (χ0) is 24.3. The number of hydrogen-bond donors (Lipinski definition) is 3. The molecule has 5 N–H and O–H groups in total. The van der Waals surface area contributed by atoms with Gasteiger partial charge in [0.1, 0.15) is 16.7 Å². The second-order valence-electron chi connectivity index (χ2n) is 8.64. The fourth-order valence-electron chi connectivity index (χ4n) is 3.58. The number of anilines is 2. The molecule has 0 bridgehead atoms. The number of nitrogens with one attached hydrogen (secondary N) is 1. The largest absolute Gasteiger partial charge is 0.598 e. The van der Waals surface area contributed by atoms with Crippen LogP contribution in [0.4, 0.5) is 11.6 Å². The molecule has 1 unspecified atom stereocenters. The quantitative estimate of drug-likeness (QED) is 0.401. The molecule has 34 heavy (non-hydrogen) atoms. The molecule has 1 aliphatic rings. The maximum absolute atomic E-state index is 12.9. The fourth-order valence-corrected chi connectivity index (χ4v) is 5.54. The summed E-state index contributed by atoms with van der Waals surface area (Å²) in [5.41, 5.74) is 13.9. The SMILES string of the molecule is CC(C)(CN)[S@@+]([O-])NC1CCN(c2cnc(Sc3ccnc(N)c3Cl)cn2)Cc2ccccc21. The van der Waals surface area contributed by atoms with E-state index in [-0.39, 0.29) is 6.04 Å². The number of aromatic nitrogens is 3. The van der Waals surface area contributed by atoms with Gasteiger partial charge in [0, 0.05) is 42.1 Å². The zero-order valence-corrected chi connectivity index (χ0v) is 21.5. The van der Waals surface area contributed by atoms with Crippen LogP contribution in [0, 0.1) is 0 Å². The molecule has 0 amide bonds. The van der Waals surface area contributed by atoms with Gasteiger partial charge in [0.05, 0.1) is 23.5 Å². The van der Waals surface area contributed by atoms with Crippen LogP contribution in [0.15, 0.2) is 58.8 Å². The van der Waals surface area contributed by atoms with Crippen molar-refractivity contribution in [1.29, 1.82) is 0 Å². The van der Waals surface area contributed by atoms with Crippen LogP contribution in [-0.4, -0.2) is 37.3 Å². The summed E-state index contributed by atoms with van der Waals surface area (Å²) < 4.78 is 15.7. The molecule has 0 aliphatic carbocycles. The molecule has 8 nitrogen and oxygen atoms in total. The van der Waals surface area contributed by atoms with E-state index in [9.17, 15) is 4.55 Å². The average Bonchev–Trinajstić information content (AvgIpc) is 3.02.